The molecule has 6 nitrogen and oxygen atoms in total. The van der Waals surface area contributed by atoms with Gasteiger partial charge in [-0.3, -0.25) is 0 Å². The molecule has 1 aliphatic heterocycles. The van der Waals surface area contributed by atoms with Crippen LogP contribution in [0.1, 0.15) is 12.5 Å². The average Bonchev–Trinajstić information content (AvgIpc) is 2.94. The summed E-state index contributed by atoms with van der Waals surface area (Å²) in [5, 5.41) is 18.3. The molecular weight excluding hydrogens is 290 g/mol. The summed E-state index contributed by atoms with van der Waals surface area (Å²) in [5.41, 5.74) is 3.82. The summed E-state index contributed by atoms with van der Waals surface area (Å²) in [7, 11) is 0. The van der Waals surface area contributed by atoms with Gasteiger partial charge in [0.2, 0.25) is 0 Å². The van der Waals surface area contributed by atoms with Gasteiger partial charge in [-0.15, -0.1) is 11.3 Å². The van der Waals surface area contributed by atoms with Gasteiger partial charge >= 0.3 is 5.97 Å². The third-order valence-corrected chi connectivity index (χ3v) is 4.31. The molecule has 7 heteroatoms. The lowest BCUT2D eigenvalue weighted by Crippen LogP contribution is -2.49. The number of aromatic nitrogens is 1. The van der Waals surface area contributed by atoms with E-state index >= 15 is 0 Å². The maximum absolute atomic E-state index is 11.2. The van der Waals surface area contributed by atoms with Gasteiger partial charge in [0, 0.05) is 6.54 Å². The Hall–Kier alpha value is -2.17. The van der Waals surface area contributed by atoms with E-state index in [1.165, 1.54) is 11.3 Å². The Kier molecular flexibility index (Phi) is 3.49. The molecule has 0 spiro atoms. The van der Waals surface area contributed by atoms with Gasteiger partial charge in [0.05, 0.1) is 34.1 Å². The molecule has 1 N–H and O–H groups in total. The minimum absolute atomic E-state index is 0.168. The van der Waals surface area contributed by atoms with Crippen molar-refractivity contribution in [3.8, 4) is 6.07 Å². The van der Waals surface area contributed by atoms with Crippen LogP contribution in [-0.2, 0) is 9.53 Å². The molecule has 2 atom stereocenters. The van der Waals surface area contributed by atoms with Crippen LogP contribution in [0, 0.1) is 11.3 Å². The van der Waals surface area contributed by atoms with Gasteiger partial charge in [-0.25, -0.2) is 9.78 Å². The van der Waals surface area contributed by atoms with Crippen molar-refractivity contribution >= 4 is 33.2 Å². The number of hydrogen-bond donors (Lipinski definition) is 1. The standard InChI is InChI=1S/C14H13N3O3S/c1-8-5-17(6-11(20-8)14(18)19)10-3-2-9(4-15)12-13(10)21-7-16-12/h2-3,7-8,11H,5-6H2,1H3,(H,18,19)/t8-,11-/m1/s1. The molecule has 108 valence electrons. The normalized spacial score (nSPS) is 22.2. The van der Waals surface area contributed by atoms with Gasteiger partial charge in [-0.1, -0.05) is 0 Å². The second kappa shape index (κ2) is 5.31. The average molecular weight is 303 g/mol. The molecular formula is C14H13N3O3S. The highest BCUT2D eigenvalue weighted by Crippen LogP contribution is 2.33. The van der Waals surface area contributed by atoms with Gasteiger partial charge in [0.25, 0.3) is 0 Å². The summed E-state index contributed by atoms with van der Waals surface area (Å²) in [5.74, 6) is -0.958. The van der Waals surface area contributed by atoms with E-state index in [0.29, 0.717) is 24.2 Å². The second-order valence-electron chi connectivity index (χ2n) is 4.95. The summed E-state index contributed by atoms with van der Waals surface area (Å²) in [6.07, 6.45) is -1.01. The number of nitrogens with zero attached hydrogens (tertiary/aromatic N) is 3. The van der Waals surface area contributed by atoms with Crippen LogP contribution in [-0.4, -0.2) is 41.4 Å². The summed E-state index contributed by atoms with van der Waals surface area (Å²) < 4.78 is 6.34. The summed E-state index contributed by atoms with van der Waals surface area (Å²) in [6, 6.07) is 5.72. The molecule has 2 aromatic rings. The van der Waals surface area contributed by atoms with E-state index in [4.69, 9.17) is 10.00 Å². The van der Waals surface area contributed by atoms with Gasteiger partial charge in [0.15, 0.2) is 6.10 Å². The predicted molar refractivity (Wildman–Crippen MR) is 78.5 cm³/mol. The Labute approximate surface area is 125 Å². The number of carbonyl (C=O) groups is 1. The molecule has 0 amide bonds. The molecule has 3 rings (SSSR count). The quantitative estimate of drug-likeness (QED) is 0.911. The van der Waals surface area contributed by atoms with Crippen LogP contribution in [0.5, 0.6) is 0 Å². The van der Waals surface area contributed by atoms with Crippen molar-refractivity contribution in [1.82, 2.24) is 4.98 Å². The van der Waals surface area contributed by atoms with Crippen molar-refractivity contribution in [3.63, 3.8) is 0 Å². The van der Waals surface area contributed by atoms with Crippen molar-refractivity contribution < 1.29 is 14.6 Å². The lowest BCUT2D eigenvalue weighted by atomic mass is 10.1. The van der Waals surface area contributed by atoms with E-state index in [1.54, 1.807) is 11.6 Å². The number of carboxylic acid groups (broad SMARTS) is 1. The zero-order valence-corrected chi connectivity index (χ0v) is 12.1. The molecule has 2 heterocycles. The summed E-state index contributed by atoms with van der Waals surface area (Å²) in [6.45, 7) is 2.76. The number of morpholine rings is 1. The third kappa shape index (κ3) is 2.44. The maximum atomic E-state index is 11.2. The highest BCUT2D eigenvalue weighted by atomic mass is 32.1. The number of nitriles is 1. The lowest BCUT2D eigenvalue weighted by molar-refractivity contribution is -0.154. The smallest absolute Gasteiger partial charge is 0.334 e. The zero-order valence-electron chi connectivity index (χ0n) is 11.3. The Morgan fingerprint density at radius 2 is 2.38 bits per heavy atom. The fourth-order valence-electron chi connectivity index (χ4n) is 2.56. The number of thiazole rings is 1. The topological polar surface area (TPSA) is 86.5 Å². The molecule has 21 heavy (non-hydrogen) atoms. The molecule has 1 aromatic heterocycles. The molecule has 0 bridgehead atoms. The number of rotatable bonds is 2. The first kappa shape index (κ1) is 13.8. The summed E-state index contributed by atoms with van der Waals surface area (Å²) in [4.78, 5) is 17.4. The SMILES string of the molecule is C[C@@H]1CN(c2ccc(C#N)c3ncsc23)C[C@H](C(=O)O)O1. The molecule has 1 fully saturated rings. The van der Waals surface area contributed by atoms with Gasteiger partial charge in [-0.2, -0.15) is 5.26 Å². The number of ether oxygens (including phenoxy) is 1. The van der Waals surface area contributed by atoms with Crippen LogP contribution in [0.4, 0.5) is 5.69 Å². The lowest BCUT2D eigenvalue weighted by Gasteiger charge is -2.36. The Morgan fingerprint density at radius 1 is 1.57 bits per heavy atom. The number of fused-ring (bicyclic) bond motifs is 1. The fourth-order valence-corrected chi connectivity index (χ4v) is 3.42. The van der Waals surface area contributed by atoms with Gasteiger partial charge < -0.3 is 14.7 Å². The number of anilines is 1. The third-order valence-electron chi connectivity index (χ3n) is 3.46. The monoisotopic (exact) mass is 303 g/mol. The molecule has 1 aliphatic rings. The first-order chi connectivity index (χ1) is 10.1. The van der Waals surface area contributed by atoms with Crippen LogP contribution >= 0.6 is 11.3 Å². The van der Waals surface area contributed by atoms with E-state index in [0.717, 1.165) is 10.4 Å². The zero-order chi connectivity index (χ0) is 15.0. The molecule has 1 saturated heterocycles. The molecule has 0 saturated carbocycles. The first-order valence-corrected chi connectivity index (χ1v) is 7.37. The van der Waals surface area contributed by atoms with Crippen molar-refractivity contribution in [2.24, 2.45) is 0 Å². The first-order valence-electron chi connectivity index (χ1n) is 6.49. The summed E-state index contributed by atoms with van der Waals surface area (Å²) >= 11 is 1.46. The number of benzene rings is 1. The van der Waals surface area contributed by atoms with E-state index in [2.05, 4.69) is 11.1 Å². The van der Waals surface area contributed by atoms with E-state index in [1.807, 2.05) is 17.9 Å². The maximum Gasteiger partial charge on any atom is 0.334 e. The number of aliphatic carboxylic acids is 1. The predicted octanol–water partition coefficient (Wildman–Crippen LogP) is 1.85. The largest absolute Gasteiger partial charge is 0.479 e. The van der Waals surface area contributed by atoms with Crippen LogP contribution in [0.15, 0.2) is 17.6 Å². The van der Waals surface area contributed by atoms with Crippen molar-refractivity contribution in [3.05, 3.63) is 23.2 Å². The molecule has 1 aromatic carbocycles. The van der Waals surface area contributed by atoms with Crippen molar-refractivity contribution in [2.45, 2.75) is 19.1 Å². The Balaban J connectivity index is 2.02. The Bertz CT molecular complexity index is 737. The van der Waals surface area contributed by atoms with Crippen molar-refractivity contribution in [1.29, 1.82) is 5.26 Å². The number of carboxylic acids is 1. The van der Waals surface area contributed by atoms with Crippen LogP contribution < -0.4 is 4.90 Å². The molecule has 0 unspecified atom stereocenters. The van der Waals surface area contributed by atoms with Crippen LogP contribution in [0.3, 0.4) is 0 Å². The fraction of sp³-hybridized carbons (Fsp3) is 0.357. The highest BCUT2D eigenvalue weighted by molar-refractivity contribution is 7.17. The second-order valence-corrected chi connectivity index (χ2v) is 5.81. The highest BCUT2D eigenvalue weighted by Gasteiger charge is 2.31. The minimum atomic E-state index is -0.958. The van der Waals surface area contributed by atoms with Crippen LogP contribution in [0.2, 0.25) is 0 Å². The van der Waals surface area contributed by atoms with E-state index in [-0.39, 0.29) is 6.10 Å². The molecule has 0 radical (unpaired) electrons. The van der Waals surface area contributed by atoms with Gasteiger partial charge in [0.1, 0.15) is 11.6 Å². The molecule has 0 aliphatic carbocycles. The van der Waals surface area contributed by atoms with Crippen molar-refractivity contribution in [2.75, 3.05) is 18.0 Å². The van der Waals surface area contributed by atoms with Crippen LogP contribution in [0.25, 0.3) is 10.2 Å². The minimum Gasteiger partial charge on any atom is -0.479 e. The van der Waals surface area contributed by atoms with E-state index < -0.39 is 12.1 Å². The number of hydrogen-bond acceptors (Lipinski definition) is 6. The van der Waals surface area contributed by atoms with Gasteiger partial charge in [-0.05, 0) is 19.1 Å². The van der Waals surface area contributed by atoms with E-state index in [9.17, 15) is 9.90 Å². The Morgan fingerprint density at radius 3 is 3.10 bits per heavy atom.